The van der Waals surface area contributed by atoms with Crippen LogP contribution in [0.1, 0.15) is 31.9 Å². The van der Waals surface area contributed by atoms with Crippen LogP contribution in [0, 0.1) is 12.8 Å². The van der Waals surface area contributed by atoms with Crippen molar-refractivity contribution in [1.82, 2.24) is 0 Å². The number of fused-ring (bicyclic) bond motifs is 1. The molecule has 1 heterocycles. The van der Waals surface area contributed by atoms with Gasteiger partial charge in [0.15, 0.2) is 0 Å². The zero-order chi connectivity index (χ0) is 12.1. The predicted octanol–water partition coefficient (Wildman–Crippen LogP) is 2.89. The van der Waals surface area contributed by atoms with Crippen LogP contribution in [-0.2, 0) is 10.2 Å². The molecule has 0 fully saturated rings. The van der Waals surface area contributed by atoms with Gasteiger partial charge in [-0.15, -0.1) is 0 Å². The van der Waals surface area contributed by atoms with E-state index < -0.39 is 0 Å². The Balaban J connectivity index is 2.73. The van der Waals surface area contributed by atoms with Crippen molar-refractivity contribution < 1.29 is 4.79 Å². The lowest BCUT2D eigenvalue weighted by Crippen LogP contribution is -2.40. The van der Waals surface area contributed by atoms with Crippen molar-refractivity contribution in [3.63, 3.8) is 0 Å². The molecule has 2 rings (SSSR count). The van der Waals surface area contributed by atoms with Gasteiger partial charge in [-0.1, -0.05) is 32.0 Å². The van der Waals surface area contributed by atoms with Crippen molar-refractivity contribution in [3.05, 3.63) is 29.3 Å². The topological polar surface area (TPSA) is 20.3 Å². The Morgan fingerprint density at radius 3 is 2.50 bits per heavy atom. The number of hydrogen-bond acceptors (Lipinski definition) is 1. The number of hydrogen-bond donors (Lipinski definition) is 0. The molecule has 16 heavy (non-hydrogen) atoms. The highest BCUT2D eigenvalue weighted by molar-refractivity contribution is 6.08. The number of amides is 1. The van der Waals surface area contributed by atoms with E-state index in [0.29, 0.717) is 5.92 Å². The molecular weight excluding hydrogens is 198 g/mol. The molecule has 0 N–H and O–H groups in total. The summed E-state index contributed by atoms with van der Waals surface area (Å²) in [6, 6.07) is 6.19. The van der Waals surface area contributed by atoms with Gasteiger partial charge in [0, 0.05) is 7.05 Å². The van der Waals surface area contributed by atoms with Crippen LogP contribution in [-0.4, -0.2) is 13.0 Å². The zero-order valence-corrected chi connectivity index (χ0v) is 10.7. The number of carbonyl (C=O) groups excluding carboxylic acids is 1. The van der Waals surface area contributed by atoms with Crippen molar-refractivity contribution >= 4 is 11.6 Å². The van der Waals surface area contributed by atoms with Crippen LogP contribution in [0.2, 0.25) is 0 Å². The van der Waals surface area contributed by atoms with Crippen molar-refractivity contribution in [2.45, 2.75) is 33.1 Å². The van der Waals surface area contributed by atoms with Gasteiger partial charge in [-0.2, -0.15) is 0 Å². The van der Waals surface area contributed by atoms with E-state index in [1.165, 1.54) is 11.1 Å². The zero-order valence-electron chi connectivity index (χ0n) is 10.7. The third-order valence-electron chi connectivity index (χ3n) is 4.04. The summed E-state index contributed by atoms with van der Waals surface area (Å²) in [5.74, 6) is 0.525. The Morgan fingerprint density at radius 1 is 1.31 bits per heavy atom. The molecule has 0 aliphatic carbocycles. The van der Waals surface area contributed by atoms with E-state index in [2.05, 4.69) is 39.8 Å². The van der Waals surface area contributed by atoms with Crippen molar-refractivity contribution in [2.24, 2.45) is 5.92 Å². The monoisotopic (exact) mass is 217 g/mol. The van der Waals surface area contributed by atoms with Gasteiger partial charge in [0.1, 0.15) is 0 Å². The van der Waals surface area contributed by atoms with Crippen molar-refractivity contribution in [3.8, 4) is 0 Å². The second kappa shape index (κ2) is 3.34. The maximum Gasteiger partial charge on any atom is 0.237 e. The number of likely N-dealkylation sites (N-methyl/N-ethyl adjacent to an activating group) is 1. The summed E-state index contributed by atoms with van der Waals surface area (Å²) in [5.41, 5.74) is 3.09. The lowest BCUT2D eigenvalue weighted by atomic mass is 9.74. The first-order chi connectivity index (χ1) is 7.40. The Bertz CT molecular complexity index is 450. The molecule has 0 bridgehead atoms. The standard InChI is InChI=1S/C14H19NO/c1-9(2)14(4)11-8-6-7-10(3)12(11)15(5)13(14)16/h6-9H,1-5H3. The molecule has 1 atom stereocenters. The van der Waals surface area contributed by atoms with Gasteiger partial charge in [0.25, 0.3) is 0 Å². The highest BCUT2D eigenvalue weighted by Crippen LogP contribution is 2.46. The van der Waals surface area contributed by atoms with Gasteiger partial charge in [0.2, 0.25) is 5.91 Å². The number of benzene rings is 1. The summed E-state index contributed by atoms with van der Waals surface area (Å²) < 4.78 is 0. The number of nitrogens with zero attached hydrogens (tertiary/aromatic N) is 1. The minimum Gasteiger partial charge on any atom is -0.314 e. The van der Waals surface area contributed by atoms with Gasteiger partial charge >= 0.3 is 0 Å². The van der Waals surface area contributed by atoms with Gasteiger partial charge < -0.3 is 4.90 Å². The van der Waals surface area contributed by atoms with Gasteiger partial charge in [-0.3, -0.25) is 4.79 Å². The smallest absolute Gasteiger partial charge is 0.237 e. The van der Waals surface area contributed by atoms with Crippen LogP contribution in [0.15, 0.2) is 18.2 Å². The molecule has 1 aromatic rings. The van der Waals surface area contributed by atoms with Crippen molar-refractivity contribution in [2.75, 3.05) is 11.9 Å². The maximum absolute atomic E-state index is 12.4. The molecule has 0 saturated carbocycles. The van der Waals surface area contributed by atoms with Gasteiger partial charge in [-0.05, 0) is 30.9 Å². The second-order valence-electron chi connectivity index (χ2n) is 5.19. The maximum atomic E-state index is 12.4. The number of rotatable bonds is 1. The number of anilines is 1. The second-order valence-corrected chi connectivity index (χ2v) is 5.19. The molecule has 0 aromatic heterocycles. The number of aryl methyl sites for hydroxylation is 1. The first-order valence-electron chi connectivity index (χ1n) is 5.79. The third-order valence-corrected chi connectivity index (χ3v) is 4.04. The third kappa shape index (κ3) is 1.16. The summed E-state index contributed by atoms with van der Waals surface area (Å²) >= 11 is 0. The average molecular weight is 217 g/mol. The van der Waals surface area contributed by atoms with Crippen LogP contribution >= 0.6 is 0 Å². The summed E-state index contributed by atoms with van der Waals surface area (Å²) in [7, 11) is 1.88. The fourth-order valence-corrected chi connectivity index (χ4v) is 2.65. The Morgan fingerprint density at radius 2 is 1.94 bits per heavy atom. The minimum atomic E-state index is -0.365. The lowest BCUT2D eigenvalue weighted by Gasteiger charge is -2.27. The van der Waals surface area contributed by atoms with Crippen LogP contribution in [0.3, 0.4) is 0 Å². The van der Waals surface area contributed by atoms with Crippen LogP contribution in [0.25, 0.3) is 0 Å². The number of para-hydroxylation sites is 1. The molecule has 0 spiro atoms. The highest BCUT2D eigenvalue weighted by Gasteiger charge is 2.48. The molecule has 1 aliphatic rings. The van der Waals surface area contributed by atoms with E-state index >= 15 is 0 Å². The molecule has 2 heteroatoms. The molecule has 1 amide bonds. The molecule has 86 valence electrons. The highest BCUT2D eigenvalue weighted by atomic mass is 16.2. The van der Waals surface area contributed by atoms with Gasteiger partial charge in [-0.25, -0.2) is 0 Å². The SMILES string of the molecule is Cc1cccc2c1N(C)C(=O)C2(C)C(C)C. The Labute approximate surface area is 97.3 Å². The normalized spacial score (nSPS) is 24.1. The van der Waals surface area contributed by atoms with E-state index in [0.717, 1.165) is 5.69 Å². The summed E-state index contributed by atoms with van der Waals surface area (Å²) in [6.07, 6.45) is 0. The molecular formula is C14H19NO. The van der Waals surface area contributed by atoms with E-state index in [4.69, 9.17) is 0 Å². The molecule has 0 radical (unpaired) electrons. The quantitative estimate of drug-likeness (QED) is 0.708. The van der Waals surface area contributed by atoms with Crippen LogP contribution in [0.4, 0.5) is 5.69 Å². The molecule has 0 saturated heterocycles. The summed E-state index contributed by atoms with van der Waals surface area (Å²) in [5, 5.41) is 0. The lowest BCUT2D eigenvalue weighted by molar-refractivity contribution is -0.123. The largest absolute Gasteiger partial charge is 0.314 e. The van der Waals surface area contributed by atoms with Crippen molar-refractivity contribution in [1.29, 1.82) is 0 Å². The van der Waals surface area contributed by atoms with Gasteiger partial charge in [0.05, 0.1) is 11.1 Å². The fourth-order valence-electron chi connectivity index (χ4n) is 2.65. The van der Waals surface area contributed by atoms with E-state index in [1.54, 1.807) is 0 Å². The molecule has 1 aliphatic heterocycles. The predicted molar refractivity (Wildman–Crippen MR) is 66.8 cm³/mol. The first-order valence-corrected chi connectivity index (χ1v) is 5.79. The molecule has 1 aromatic carbocycles. The van der Waals surface area contributed by atoms with E-state index in [1.807, 2.05) is 18.0 Å². The molecule has 1 unspecified atom stereocenters. The summed E-state index contributed by atoms with van der Waals surface area (Å²) in [4.78, 5) is 14.2. The first kappa shape index (κ1) is 11.2. The average Bonchev–Trinajstić information content (AvgIpc) is 2.43. The number of carbonyl (C=O) groups is 1. The van der Waals surface area contributed by atoms with Crippen LogP contribution < -0.4 is 4.90 Å². The minimum absolute atomic E-state index is 0.215. The fraction of sp³-hybridized carbons (Fsp3) is 0.500. The molecule has 2 nitrogen and oxygen atoms in total. The summed E-state index contributed by atoms with van der Waals surface area (Å²) in [6.45, 7) is 8.35. The van der Waals surface area contributed by atoms with Crippen LogP contribution in [0.5, 0.6) is 0 Å². The van der Waals surface area contributed by atoms with E-state index in [9.17, 15) is 4.79 Å². The Hall–Kier alpha value is -1.31. The van der Waals surface area contributed by atoms with E-state index in [-0.39, 0.29) is 11.3 Å². The Kier molecular flexibility index (Phi) is 2.33.